The lowest BCUT2D eigenvalue weighted by atomic mass is 9.84. The second-order valence-corrected chi connectivity index (χ2v) is 8.38. The van der Waals surface area contributed by atoms with E-state index >= 15 is 0 Å². The molecule has 1 amide bonds. The molecule has 1 aliphatic heterocycles. The van der Waals surface area contributed by atoms with Crippen molar-refractivity contribution in [2.75, 3.05) is 19.6 Å². The van der Waals surface area contributed by atoms with Crippen molar-refractivity contribution in [2.45, 2.75) is 38.8 Å². The molecule has 2 heterocycles. The highest BCUT2D eigenvalue weighted by atomic mass is 35.5. The van der Waals surface area contributed by atoms with Crippen LogP contribution in [0.4, 0.5) is 0 Å². The molecule has 154 valence electrons. The Morgan fingerprint density at radius 1 is 1.25 bits per heavy atom. The van der Waals surface area contributed by atoms with Gasteiger partial charge in [0, 0.05) is 13.0 Å². The highest BCUT2D eigenvalue weighted by Crippen LogP contribution is 2.26. The Bertz CT molecular complexity index is 690. The molecule has 2 N–H and O–H groups in total. The minimum Gasteiger partial charge on any atom is -0.387 e. The van der Waals surface area contributed by atoms with Crippen LogP contribution in [0.1, 0.15) is 43.4 Å². The van der Waals surface area contributed by atoms with E-state index in [9.17, 15) is 9.90 Å². The maximum absolute atomic E-state index is 13.1. The molecule has 0 saturated carbocycles. The molecular weight excluding hydrogens is 392 g/mol. The van der Waals surface area contributed by atoms with E-state index in [4.69, 9.17) is 0 Å². The number of hydrogen-bond donors (Lipinski definition) is 2. The van der Waals surface area contributed by atoms with Crippen LogP contribution in [0, 0.1) is 11.8 Å². The molecule has 0 spiro atoms. The molecule has 1 aromatic heterocycles. The number of carbonyl (C=O) groups is 1. The van der Waals surface area contributed by atoms with Gasteiger partial charge in [-0.1, -0.05) is 37.3 Å². The van der Waals surface area contributed by atoms with Gasteiger partial charge in [-0.2, -0.15) is 11.3 Å². The summed E-state index contributed by atoms with van der Waals surface area (Å²) in [7, 11) is 0. The van der Waals surface area contributed by atoms with Crippen LogP contribution >= 0.6 is 23.7 Å². The molecule has 2 aromatic rings. The molecule has 28 heavy (non-hydrogen) atoms. The molecule has 6 heteroatoms. The molecule has 1 saturated heterocycles. The van der Waals surface area contributed by atoms with Gasteiger partial charge in [-0.15, -0.1) is 12.4 Å². The Labute approximate surface area is 178 Å². The molecule has 0 bridgehead atoms. The van der Waals surface area contributed by atoms with E-state index in [-0.39, 0.29) is 18.3 Å². The van der Waals surface area contributed by atoms with Crippen molar-refractivity contribution in [2.24, 2.45) is 11.8 Å². The molecule has 1 aromatic carbocycles. The van der Waals surface area contributed by atoms with Crippen LogP contribution in [0.2, 0.25) is 0 Å². The molecular formula is C22H31ClN2O2S. The van der Waals surface area contributed by atoms with Crippen LogP contribution in [-0.2, 0) is 11.3 Å². The predicted octanol–water partition coefficient (Wildman–Crippen LogP) is 4.26. The van der Waals surface area contributed by atoms with Crippen molar-refractivity contribution < 1.29 is 9.90 Å². The van der Waals surface area contributed by atoms with Crippen LogP contribution in [0.5, 0.6) is 0 Å². The lowest BCUT2D eigenvalue weighted by Crippen LogP contribution is -2.37. The van der Waals surface area contributed by atoms with E-state index in [1.807, 2.05) is 52.1 Å². The van der Waals surface area contributed by atoms with Crippen molar-refractivity contribution >= 4 is 29.7 Å². The number of thiophene rings is 1. The van der Waals surface area contributed by atoms with Gasteiger partial charge in [0.25, 0.3) is 0 Å². The average molecular weight is 423 g/mol. The Morgan fingerprint density at radius 2 is 1.96 bits per heavy atom. The average Bonchev–Trinajstić information content (AvgIpc) is 3.24. The zero-order valence-electron chi connectivity index (χ0n) is 16.4. The van der Waals surface area contributed by atoms with Gasteiger partial charge in [0.15, 0.2) is 0 Å². The zero-order chi connectivity index (χ0) is 19.1. The van der Waals surface area contributed by atoms with Gasteiger partial charge in [0.05, 0.1) is 12.6 Å². The van der Waals surface area contributed by atoms with Crippen molar-refractivity contribution in [1.82, 2.24) is 10.2 Å². The Balaban J connectivity index is 0.00000280. The molecule has 0 radical (unpaired) electrons. The number of benzene rings is 1. The SMILES string of the molecule is CC(CC(=O)N(Cc1ccccc1)CC(O)c1ccsc1)C1CCNCC1.Cl. The third-order valence-corrected chi connectivity index (χ3v) is 6.28. The standard InChI is InChI=1S/C22H30N2O2S.ClH/c1-17(19-7-10-23-11-8-19)13-22(26)24(14-18-5-3-2-4-6-18)15-21(25)20-9-12-27-16-20;/h2-6,9,12,16-17,19,21,23,25H,7-8,10-11,13-15H2,1H3;1H. The maximum atomic E-state index is 13.1. The van der Waals surface area contributed by atoms with Crippen molar-refractivity contribution in [3.05, 3.63) is 58.3 Å². The third-order valence-electron chi connectivity index (χ3n) is 5.58. The maximum Gasteiger partial charge on any atom is 0.223 e. The number of hydrogen-bond acceptors (Lipinski definition) is 4. The number of aliphatic hydroxyl groups is 1. The molecule has 0 aliphatic carbocycles. The number of amides is 1. The van der Waals surface area contributed by atoms with Gasteiger partial charge in [-0.3, -0.25) is 4.79 Å². The number of carbonyl (C=O) groups excluding carboxylic acids is 1. The van der Waals surface area contributed by atoms with Gasteiger partial charge in [-0.05, 0) is 65.7 Å². The molecule has 1 fully saturated rings. The summed E-state index contributed by atoms with van der Waals surface area (Å²) in [6, 6.07) is 12.0. The van der Waals surface area contributed by atoms with Crippen LogP contribution in [-0.4, -0.2) is 35.5 Å². The highest BCUT2D eigenvalue weighted by molar-refractivity contribution is 7.07. The smallest absolute Gasteiger partial charge is 0.223 e. The van der Waals surface area contributed by atoms with Crippen molar-refractivity contribution in [3.8, 4) is 0 Å². The Morgan fingerprint density at radius 3 is 2.61 bits per heavy atom. The van der Waals surface area contributed by atoms with Crippen LogP contribution in [0.25, 0.3) is 0 Å². The first-order chi connectivity index (χ1) is 13.1. The quantitative estimate of drug-likeness (QED) is 0.668. The summed E-state index contributed by atoms with van der Waals surface area (Å²) in [5.74, 6) is 1.12. The minimum absolute atomic E-state index is 0. The summed E-state index contributed by atoms with van der Waals surface area (Å²) in [5, 5.41) is 17.9. The second-order valence-electron chi connectivity index (χ2n) is 7.60. The fourth-order valence-corrected chi connectivity index (χ4v) is 4.53. The number of rotatable bonds is 8. The molecule has 3 rings (SSSR count). The zero-order valence-corrected chi connectivity index (χ0v) is 18.1. The number of halogens is 1. The lowest BCUT2D eigenvalue weighted by molar-refractivity contribution is -0.134. The van der Waals surface area contributed by atoms with Crippen molar-refractivity contribution in [1.29, 1.82) is 0 Å². The van der Waals surface area contributed by atoms with Crippen LogP contribution in [0.3, 0.4) is 0 Å². The minimum atomic E-state index is -0.641. The lowest BCUT2D eigenvalue weighted by Gasteiger charge is -2.31. The van der Waals surface area contributed by atoms with Gasteiger partial charge in [0.1, 0.15) is 0 Å². The summed E-state index contributed by atoms with van der Waals surface area (Å²) in [6.45, 7) is 5.18. The summed E-state index contributed by atoms with van der Waals surface area (Å²) < 4.78 is 0. The Hall–Kier alpha value is -1.40. The molecule has 2 atom stereocenters. The first-order valence-electron chi connectivity index (χ1n) is 9.86. The largest absolute Gasteiger partial charge is 0.387 e. The fraction of sp³-hybridized carbons (Fsp3) is 0.500. The molecule has 4 nitrogen and oxygen atoms in total. The first kappa shape index (κ1) is 22.9. The predicted molar refractivity (Wildman–Crippen MR) is 118 cm³/mol. The fourth-order valence-electron chi connectivity index (χ4n) is 3.82. The van der Waals surface area contributed by atoms with E-state index in [0.717, 1.165) is 37.1 Å². The normalized spacial score (nSPS) is 16.8. The van der Waals surface area contributed by atoms with Gasteiger partial charge >= 0.3 is 0 Å². The van der Waals surface area contributed by atoms with E-state index in [0.29, 0.717) is 31.3 Å². The first-order valence-corrected chi connectivity index (χ1v) is 10.8. The second kappa shape index (κ2) is 11.6. The van der Waals surface area contributed by atoms with E-state index in [1.165, 1.54) is 0 Å². The van der Waals surface area contributed by atoms with Crippen LogP contribution < -0.4 is 5.32 Å². The molecule has 2 unspecified atom stereocenters. The Kier molecular flexibility index (Phi) is 9.45. The van der Waals surface area contributed by atoms with E-state index in [1.54, 1.807) is 11.3 Å². The third kappa shape index (κ3) is 6.59. The van der Waals surface area contributed by atoms with Gasteiger partial charge in [0.2, 0.25) is 5.91 Å². The van der Waals surface area contributed by atoms with Gasteiger partial charge < -0.3 is 15.3 Å². The summed E-state index contributed by atoms with van der Waals surface area (Å²) in [4.78, 5) is 14.9. The highest BCUT2D eigenvalue weighted by Gasteiger charge is 2.26. The monoisotopic (exact) mass is 422 g/mol. The molecule has 1 aliphatic rings. The summed E-state index contributed by atoms with van der Waals surface area (Å²) in [5.41, 5.74) is 1.98. The van der Waals surface area contributed by atoms with Crippen molar-refractivity contribution in [3.63, 3.8) is 0 Å². The number of piperidine rings is 1. The van der Waals surface area contributed by atoms with E-state index in [2.05, 4.69) is 12.2 Å². The van der Waals surface area contributed by atoms with E-state index < -0.39 is 6.10 Å². The number of nitrogens with zero attached hydrogens (tertiary/aromatic N) is 1. The summed E-state index contributed by atoms with van der Waals surface area (Å²) in [6.07, 6.45) is 2.20. The van der Waals surface area contributed by atoms with Crippen LogP contribution in [0.15, 0.2) is 47.2 Å². The number of aliphatic hydroxyl groups excluding tert-OH is 1. The van der Waals surface area contributed by atoms with Gasteiger partial charge in [-0.25, -0.2) is 0 Å². The summed E-state index contributed by atoms with van der Waals surface area (Å²) >= 11 is 1.57. The number of nitrogens with one attached hydrogen (secondary N) is 1. The topological polar surface area (TPSA) is 52.6 Å².